The molecule has 1 N–H and O–H groups in total. The van der Waals surface area contributed by atoms with E-state index in [4.69, 9.17) is 9.73 Å². The van der Waals surface area contributed by atoms with Crippen molar-refractivity contribution in [3.8, 4) is 5.75 Å². The summed E-state index contributed by atoms with van der Waals surface area (Å²) in [6.45, 7) is 1.87. The Kier molecular flexibility index (Phi) is 5.92. The van der Waals surface area contributed by atoms with Gasteiger partial charge in [0.05, 0.1) is 11.5 Å². The highest BCUT2D eigenvalue weighted by Crippen LogP contribution is 2.47. The summed E-state index contributed by atoms with van der Waals surface area (Å²) < 4.78 is 5.88. The van der Waals surface area contributed by atoms with E-state index in [2.05, 4.69) is 0 Å². The molecule has 3 aliphatic carbocycles. The summed E-state index contributed by atoms with van der Waals surface area (Å²) in [6.07, 6.45) is 10.2. The van der Waals surface area contributed by atoms with Crippen LogP contribution in [0.25, 0.3) is 0 Å². The van der Waals surface area contributed by atoms with Gasteiger partial charge in [0, 0.05) is 23.7 Å². The highest BCUT2D eigenvalue weighted by atomic mass is 16.5. The number of nitrogens with zero attached hydrogens (tertiary/aromatic N) is 1. The number of esters is 1. The summed E-state index contributed by atoms with van der Waals surface area (Å²) in [5, 5.41) is 10.2. The Labute approximate surface area is 190 Å². The minimum absolute atomic E-state index is 0.0493. The molecular formula is C27H33NO4. The molecule has 5 heteroatoms. The summed E-state index contributed by atoms with van der Waals surface area (Å²) in [5.74, 6) is 0.0595. The van der Waals surface area contributed by atoms with Crippen LogP contribution in [0.3, 0.4) is 0 Å². The number of hydrogen-bond acceptors (Lipinski definition) is 5. The van der Waals surface area contributed by atoms with E-state index in [1.54, 1.807) is 18.2 Å². The summed E-state index contributed by atoms with van der Waals surface area (Å²) in [6, 6.07) is 6.98. The monoisotopic (exact) mass is 435 g/mol. The maximum atomic E-state index is 13.6. The van der Waals surface area contributed by atoms with Gasteiger partial charge in [-0.25, -0.2) is 4.79 Å². The highest BCUT2D eigenvalue weighted by molar-refractivity contribution is 6.11. The number of carbonyl (C=O) groups excluding carboxylic acids is 2. The fourth-order valence-corrected chi connectivity index (χ4v) is 6.54. The van der Waals surface area contributed by atoms with Gasteiger partial charge in [-0.2, -0.15) is 0 Å². The largest absolute Gasteiger partial charge is 0.508 e. The molecule has 3 unspecified atom stereocenters. The first-order valence-corrected chi connectivity index (χ1v) is 12.3. The van der Waals surface area contributed by atoms with E-state index in [1.165, 1.54) is 25.7 Å². The average Bonchev–Trinajstić information content (AvgIpc) is 3.47. The van der Waals surface area contributed by atoms with Crippen LogP contribution in [-0.4, -0.2) is 28.7 Å². The number of phenols is 1. The molecule has 1 aliphatic heterocycles. The number of benzene rings is 1. The van der Waals surface area contributed by atoms with E-state index >= 15 is 0 Å². The Morgan fingerprint density at radius 3 is 2.44 bits per heavy atom. The molecule has 3 saturated carbocycles. The summed E-state index contributed by atoms with van der Waals surface area (Å²) in [4.78, 5) is 31.8. The molecule has 5 rings (SSSR count). The predicted octanol–water partition coefficient (Wildman–Crippen LogP) is 5.48. The number of rotatable bonds is 4. The fraction of sp³-hybridized carbons (Fsp3) is 0.593. The van der Waals surface area contributed by atoms with Crippen LogP contribution in [0, 0.1) is 17.8 Å². The molecule has 1 aromatic rings. The van der Waals surface area contributed by atoms with E-state index in [1.807, 2.05) is 13.0 Å². The van der Waals surface area contributed by atoms with Gasteiger partial charge in [0.2, 0.25) is 0 Å². The SMILES string of the molecule is CC1=C(C(=O)OC2CCCC2)C(c2cccc(O)c2)C2C(=O)CC(C3CCCC3)CC2=N1. The zero-order valence-electron chi connectivity index (χ0n) is 18.9. The summed E-state index contributed by atoms with van der Waals surface area (Å²) in [5.41, 5.74) is 2.85. The lowest BCUT2D eigenvalue weighted by molar-refractivity contribution is -0.144. The van der Waals surface area contributed by atoms with Crippen LogP contribution in [0.5, 0.6) is 5.75 Å². The normalized spacial score (nSPS) is 29.2. The van der Waals surface area contributed by atoms with Crippen LogP contribution in [0.2, 0.25) is 0 Å². The van der Waals surface area contributed by atoms with Crippen molar-refractivity contribution in [2.75, 3.05) is 0 Å². The van der Waals surface area contributed by atoms with E-state index < -0.39 is 11.8 Å². The minimum Gasteiger partial charge on any atom is -0.508 e. The van der Waals surface area contributed by atoms with Crippen molar-refractivity contribution >= 4 is 17.5 Å². The van der Waals surface area contributed by atoms with Crippen molar-refractivity contribution in [1.82, 2.24) is 0 Å². The molecule has 170 valence electrons. The number of allylic oxidation sites excluding steroid dienone is 1. The maximum absolute atomic E-state index is 13.6. The van der Waals surface area contributed by atoms with Crippen molar-refractivity contribution < 1.29 is 19.4 Å². The number of carbonyl (C=O) groups is 2. The molecule has 3 atom stereocenters. The molecule has 5 nitrogen and oxygen atoms in total. The van der Waals surface area contributed by atoms with Crippen LogP contribution in [0.15, 0.2) is 40.5 Å². The molecule has 0 amide bonds. The number of hydrogen-bond donors (Lipinski definition) is 1. The third-order valence-electron chi connectivity index (χ3n) is 8.08. The quantitative estimate of drug-likeness (QED) is 0.636. The number of fused-ring (bicyclic) bond motifs is 1. The predicted molar refractivity (Wildman–Crippen MR) is 123 cm³/mol. The van der Waals surface area contributed by atoms with E-state index in [9.17, 15) is 14.7 Å². The fourth-order valence-electron chi connectivity index (χ4n) is 6.54. The van der Waals surface area contributed by atoms with E-state index in [0.717, 1.165) is 43.4 Å². The Hall–Kier alpha value is -2.43. The maximum Gasteiger partial charge on any atom is 0.336 e. The van der Waals surface area contributed by atoms with Crippen molar-refractivity contribution in [1.29, 1.82) is 0 Å². The summed E-state index contributed by atoms with van der Waals surface area (Å²) >= 11 is 0. The molecule has 32 heavy (non-hydrogen) atoms. The van der Waals surface area contributed by atoms with Crippen molar-refractivity contribution in [2.45, 2.75) is 83.2 Å². The molecule has 0 aromatic heterocycles. The first-order valence-electron chi connectivity index (χ1n) is 12.3. The molecule has 3 fully saturated rings. The van der Waals surface area contributed by atoms with Crippen molar-refractivity contribution in [2.24, 2.45) is 22.7 Å². The number of ether oxygens (including phenoxy) is 1. The minimum atomic E-state index is -0.444. The number of Topliss-reactive ketones (excluding diaryl/α,β-unsaturated/α-hetero) is 1. The first kappa shape index (κ1) is 21.4. The Bertz CT molecular complexity index is 966. The second-order valence-electron chi connectivity index (χ2n) is 10.1. The second-order valence-corrected chi connectivity index (χ2v) is 10.1. The number of phenolic OH excluding ortho intramolecular Hbond substituents is 1. The highest BCUT2D eigenvalue weighted by Gasteiger charge is 2.47. The van der Waals surface area contributed by atoms with Gasteiger partial charge in [-0.15, -0.1) is 0 Å². The first-order chi connectivity index (χ1) is 15.5. The van der Waals surface area contributed by atoms with Gasteiger partial charge in [-0.1, -0.05) is 37.8 Å². The van der Waals surface area contributed by atoms with Crippen LogP contribution in [-0.2, 0) is 14.3 Å². The van der Waals surface area contributed by atoms with Crippen molar-refractivity contribution in [3.05, 3.63) is 41.1 Å². The van der Waals surface area contributed by atoms with E-state index in [0.29, 0.717) is 29.5 Å². The van der Waals surface area contributed by atoms with Gasteiger partial charge in [0.25, 0.3) is 0 Å². The van der Waals surface area contributed by atoms with Gasteiger partial charge in [-0.05, 0) is 68.6 Å². The average molecular weight is 436 g/mol. The zero-order valence-corrected chi connectivity index (χ0v) is 18.9. The number of aliphatic imine (C=N–C) groups is 1. The summed E-state index contributed by atoms with van der Waals surface area (Å²) in [7, 11) is 0. The third-order valence-corrected chi connectivity index (χ3v) is 8.08. The molecular weight excluding hydrogens is 402 g/mol. The molecule has 0 bridgehead atoms. The molecule has 4 aliphatic rings. The van der Waals surface area contributed by atoms with Crippen LogP contribution >= 0.6 is 0 Å². The molecule has 0 spiro atoms. The number of ketones is 1. The smallest absolute Gasteiger partial charge is 0.336 e. The zero-order chi connectivity index (χ0) is 22.2. The van der Waals surface area contributed by atoms with Gasteiger partial charge in [0.1, 0.15) is 17.6 Å². The van der Waals surface area contributed by atoms with Gasteiger partial charge < -0.3 is 9.84 Å². The lowest BCUT2D eigenvalue weighted by atomic mass is 9.65. The molecule has 1 heterocycles. The van der Waals surface area contributed by atoms with Crippen LogP contribution in [0.1, 0.15) is 82.6 Å². The van der Waals surface area contributed by atoms with Crippen LogP contribution < -0.4 is 0 Å². The Balaban J connectivity index is 1.53. The lowest BCUT2D eigenvalue weighted by Gasteiger charge is -2.39. The number of aromatic hydroxyl groups is 1. The lowest BCUT2D eigenvalue weighted by Crippen LogP contribution is -2.43. The Morgan fingerprint density at radius 1 is 1.00 bits per heavy atom. The van der Waals surface area contributed by atoms with E-state index in [-0.39, 0.29) is 23.6 Å². The molecule has 1 aromatic carbocycles. The Morgan fingerprint density at radius 2 is 1.72 bits per heavy atom. The molecule has 0 saturated heterocycles. The standard InChI is InChI=1S/C27H33NO4/c1-16-24(27(31)32-21-11-4-5-12-21)25(18-9-6-10-20(29)13-18)26-22(28-16)14-19(15-23(26)30)17-7-2-3-8-17/h6,9-10,13,17,19,21,25-26,29H,2-5,7-8,11-12,14-15H2,1H3. The van der Waals surface area contributed by atoms with Gasteiger partial charge in [0.15, 0.2) is 0 Å². The second kappa shape index (κ2) is 8.84. The molecule has 0 radical (unpaired) electrons. The third kappa shape index (κ3) is 4.02. The van der Waals surface area contributed by atoms with Gasteiger partial charge >= 0.3 is 5.97 Å². The van der Waals surface area contributed by atoms with Gasteiger partial charge in [-0.3, -0.25) is 9.79 Å². The van der Waals surface area contributed by atoms with Crippen molar-refractivity contribution in [3.63, 3.8) is 0 Å². The topological polar surface area (TPSA) is 76.0 Å². The van der Waals surface area contributed by atoms with Crippen LogP contribution in [0.4, 0.5) is 0 Å².